The molecule has 0 aliphatic carbocycles. The van der Waals surface area contributed by atoms with Gasteiger partial charge in [0, 0.05) is 0 Å². The fourth-order valence-electron chi connectivity index (χ4n) is 0.735. The molecule has 0 fully saturated rings. The Labute approximate surface area is 86.8 Å². The first kappa shape index (κ1) is 13.8. The minimum atomic E-state index is -1.11. The van der Waals surface area contributed by atoms with Gasteiger partial charge < -0.3 is 25.4 Å². The largest absolute Gasteiger partial charge is 0.463 e. The molecule has 0 aliphatic heterocycles. The standard InChI is InChI=1S/C8H15NO6/c9-6(8(13)15-4-2-11)5-7(12)14-3-1-10/h6,10-11H,1-5,9H2/t6-/m0/s1. The van der Waals surface area contributed by atoms with E-state index in [0.29, 0.717) is 0 Å². The number of nitrogens with two attached hydrogens (primary N) is 1. The number of carbonyl (C=O) groups excluding carboxylic acids is 2. The number of carbonyl (C=O) groups is 2. The van der Waals surface area contributed by atoms with Gasteiger partial charge in [-0.05, 0) is 0 Å². The van der Waals surface area contributed by atoms with Gasteiger partial charge in [0.15, 0.2) is 0 Å². The predicted molar refractivity (Wildman–Crippen MR) is 48.7 cm³/mol. The van der Waals surface area contributed by atoms with Crippen LogP contribution in [0, 0.1) is 0 Å². The minimum Gasteiger partial charge on any atom is -0.463 e. The molecule has 15 heavy (non-hydrogen) atoms. The number of hydrogen-bond acceptors (Lipinski definition) is 7. The first-order valence-electron chi connectivity index (χ1n) is 4.41. The van der Waals surface area contributed by atoms with Gasteiger partial charge in [-0.2, -0.15) is 0 Å². The van der Waals surface area contributed by atoms with E-state index < -0.39 is 18.0 Å². The molecule has 0 unspecified atom stereocenters. The van der Waals surface area contributed by atoms with Crippen molar-refractivity contribution >= 4 is 11.9 Å². The van der Waals surface area contributed by atoms with Gasteiger partial charge in [0.1, 0.15) is 19.3 Å². The molecule has 0 saturated carbocycles. The van der Waals surface area contributed by atoms with Gasteiger partial charge >= 0.3 is 11.9 Å². The fraction of sp³-hybridized carbons (Fsp3) is 0.750. The van der Waals surface area contributed by atoms with Gasteiger partial charge in [-0.3, -0.25) is 9.59 Å². The Bertz CT molecular complexity index is 207. The molecule has 7 nitrogen and oxygen atoms in total. The third-order valence-corrected chi connectivity index (χ3v) is 1.38. The first-order valence-corrected chi connectivity index (χ1v) is 4.41. The highest BCUT2D eigenvalue weighted by Gasteiger charge is 2.19. The van der Waals surface area contributed by atoms with Crippen LogP contribution in [0.2, 0.25) is 0 Å². The van der Waals surface area contributed by atoms with Crippen LogP contribution >= 0.6 is 0 Å². The van der Waals surface area contributed by atoms with Gasteiger partial charge in [-0.1, -0.05) is 0 Å². The van der Waals surface area contributed by atoms with Crippen molar-refractivity contribution in [3.8, 4) is 0 Å². The lowest BCUT2D eigenvalue weighted by atomic mass is 10.2. The molecule has 0 rings (SSSR count). The first-order chi connectivity index (χ1) is 7.11. The lowest BCUT2D eigenvalue weighted by Crippen LogP contribution is -2.35. The van der Waals surface area contributed by atoms with Crippen molar-refractivity contribution < 1.29 is 29.3 Å². The highest BCUT2D eigenvalue weighted by atomic mass is 16.5. The van der Waals surface area contributed by atoms with Crippen LogP contribution in [0.5, 0.6) is 0 Å². The zero-order valence-electron chi connectivity index (χ0n) is 8.22. The molecule has 0 aromatic carbocycles. The number of ether oxygens (including phenoxy) is 2. The van der Waals surface area contributed by atoms with Crippen LogP contribution in [0.1, 0.15) is 6.42 Å². The summed E-state index contributed by atoms with van der Waals surface area (Å²) in [5, 5.41) is 16.7. The molecule has 4 N–H and O–H groups in total. The molecule has 0 aromatic heterocycles. The van der Waals surface area contributed by atoms with Crippen LogP contribution in [-0.2, 0) is 19.1 Å². The summed E-state index contributed by atoms with van der Waals surface area (Å²) in [6, 6.07) is -1.11. The van der Waals surface area contributed by atoms with E-state index in [0.717, 1.165) is 0 Å². The Kier molecular flexibility index (Phi) is 7.51. The number of rotatable bonds is 7. The second-order valence-electron chi connectivity index (χ2n) is 2.65. The number of hydrogen-bond donors (Lipinski definition) is 3. The van der Waals surface area contributed by atoms with Crippen molar-refractivity contribution in [2.75, 3.05) is 26.4 Å². The lowest BCUT2D eigenvalue weighted by Gasteiger charge is -2.10. The molecule has 0 bridgehead atoms. The third kappa shape index (κ3) is 6.83. The van der Waals surface area contributed by atoms with E-state index in [1.165, 1.54) is 0 Å². The zero-order chi connectivity index (χ0) is 11.7. The van der Waals surface area contributed by atoms with Crippen LogP contribution < -0.4 is 5.73 Å². The predicted octanol–water partition coefficient (Wildman–Crippen LogP) is -2.23. The smallest absolute Gasteiger partial charge is 0.323 e. The quantitative estimate of drug-likeness (QED) is 0.416. The van der Waals surface area contributed by atoms with Crippen molar-refractivity contribution in [2.45, 2.75) is 12.5 Å². The van der Waals surface area contributed by atoms with Gasteiger partial charge in [0.05, 0.1) is 19.6 Å². The third-order valence-electron chi connectivity index (χ3n) is 1.38. The van der Waals surface area contributed by atoms with E-state index in [9.17, 15) is 9.59 Å². The van der Waals surface area contributed by atoms with Crippen LogP contribution in [-0.4, -0.2) is 54.6 Å². The van der Waals surface area contributed by atoms with E-state index in [-0.39, 0.29) is 32.8 Å². The Balaban J connectivity index is 3.75. The molecule has 0 radical (unpaired) electrons. The summed E-state index contributed by atoms with van der Waals surface area (Å²) in [6.45, 7) is -0.862. The Hall–Kier alpha value is -1.18. The SMILES string of the molecule is N[C@@H](CC(=O)OCCO)C(=O)OCCO. The maximum absolute atomic E-state index is 11.0. The normalized spacial score (nSPS) is 11.9. The zero-order valence-corrected chi connectivity index (χ0v) is 8.22. The molecule has 0 aliphatic rings. The molecule has 0 amide bonds. The molecule has 1 atom stereocenters. The van der Waals surface area contributed by atoms with Gasteiger partial charge in [-0.25, -0.2) is 0 Å². The van der Waals surface area contributed by atoms with Crippen molar-refractivity contribution in [3.63, 3.8) is 0 Å². The van der Waals surface area contributed by atoms with Crippen LogP contribution in [0.3, 0.4) is 0 Å². The van der Waals surface area contributed by atoms with E-state index in [2.05, 4.69) is 9.47 Å². The average molecular weight is 221 g/mol. The minimum absolute atomic E-state index is 0.128. The van der Waals surface area contributed by atoms with Crippen LogP contribution in [0.25, 0.3) is 0 Å². The number of aliphatic hydroxyl groups excluding tert-OH is 2. The monoisotopic (exact) mass is 221 g/mol. The van der Waals surface area contributed by atoms with Crippen molar-refractivity contribution in [1.82, 2.24) is 0 Å². The highest BCUT2D eigenvalue weighted by molar-refractivity contribution is 5.82. The summed E-state index contributed by atoms with van der Waals surface area (Å²) >= 11 is 0. The molecule has 0 heterocycles. The van der Waals surface area contributed by atoms with E-state index in [4.69, 9.17) is 15.9 Å². The molecular formula is C8H15NO6. The maximum atomic E-state index is 11.0. The molecule has 0 aromatic rings. The Morgan fingerprint density at radius 2 is 1.67 bits per heavy atom. The van der Waals surface area contributed by atoms with E-state index in [1.807, 2.05) is 0 Å². The van der Waals surface area contributed by atoms with Crippen molar-refractivity contribution in [1.29, 1.82) is 0 Å². The molecule has 88 valence electrons. The molecule has 7 heteroatoms. The summed E-state index contributed by atoms with van der Waals surface area (Å²) in [5.41, 5.74) is 5.31. The lowest BCUT2D eigenvalue weighted by molar-refractivity contribution is -0.152. The van der Waals surface area contributed by atoms with Crippen LogP contribution in [0.15, 0.2) is 0 Å². The van der Waals surface area contributed by atoms with Crippen LogP contribution in [0.4, 0.5) is 0 Å². The van der Waals surface area contributed by atoms with E-state index in [1.54, 1.807) is 0 Å². The fourth-order valence-corrected chi connectivity index (χ4v) is 0.735. The average Bonchev–Trinajstić information content (AvgIpc) is 2.22. The molecular weight excluding hydrogens is 206 g/mol. The van der Waals surface area contributed by atoms with Gasteiger partial charge in [0.25, 0.3) is 0 Å². The van der Waals surface area contributed by atoms with E-state index >= 15 is 0 Å². The Morgan fingerprint density at radius 3 is 2.20 bits per heavy atom. The highest BCUT2D eigenvalue weighted by Crippen LogP contribution is 1.95. The van der Waals surface area contributed by atoms with Gasteiger partial charge in [-0.15, -0.1) is 0 Å². The van der Waals surface area contributed by atoms with Gasteiger partial charge in [0.2, 0.25) is 0 Å². The topological polar surface area (TPSA) is 119 Å². The summed E-state index contributed by atoms with van der Waals surface area (Å²) in [5.74, 6) is -1.46. The summed E-state index contributed by atoms with van der Waals surface area (Å²) in [6.07, 6.45) is -0.315. The molecule has 0 saturated heterocycles. The molecule has 0 spiro atoms. The second-order valence-corrected chi connectivity index (χ2v) is 2.65. The second kappa shape index (κ2) is 8.16. The maximum Gasteiger partial charge on any atom is 0.323 e. The van der Waals surface area contributed by atoms with Crippen molar-refractivity contribution in [2.24, 2.45) is 5.73 Å². The summed E-state index contributed by atoms with van der Waals surface area (Å²) < 4.78 is 8.98. The number of esters is 2. The van der Waals surface area contributed by atoms with Crippen molar-refractivity contribution in [3.05, 3.63) is 0 Å². The Morgan fingerprint density at radius 1 is 1.13 bits per heavy atom. The number of aliphatic hydroxyl groups is 2. The summed E-state index contributed by atoms with van der Waals surface area (Å²) in [7, 11) is 0. The summed E-state index contributed by atoms with van der Waals surface area (Å²) in [4.78, 5) is 21.9.